The molecule has 2 aromatic carbocycles. The van der Waals surface area contributed by atoms with Crippen LogP contribution in [0, 0.1) is 0 Å². The maximum atomic E-state index is 12.3. The Morgan fingerprint density at radius 1 is 0.957 bits per heavy atom. The number of nitrogens with one attached hydrogen (secondary N) is 2. The maximum Gasteiger partial charge on any atom is 0.255 e. The van der Waals surface area contributed by atoms with Gasteiger partial charge in [0.1, 0.15) is 0 Å². The Morgan fingerprint density at radius 2 is 1.70 bits per heavy atom. The largest absolute Gasteiger partial charge is 0.326 e. The summed E-state index contributed by atoms with van der Waals surface area (Å²) in [4.78, 5) is 35.1. The van der Waals surface area contributed by atoms with Crippen molar-refractivity contribution in [2.24, 2.45) is 0 Å². The van der Waals surface area contributed by atoms with E-state index in [1.807, 2.05) is 0 Å². The Bertz CT molecular complexity index is 787. The second-order valence-electron chi connectivity index (χ2n) is 4.96. The molecule has 2 amide bonds. The van der Waals surface area contributed by atoms with Crippen molar-refractivity contribution in [3.05, 3.63) is 58.6 Å². The number of halogens is 1. The first-order chi connectivity index (χ1) is 10.9. The number of carbonyl (C=O) groups is 3. The van der Waals surface area contributed by atoms with E-state index in [9.17, 15) is 14.4 Å². The first kappa shape index (κ1) is 16.7. The van der Waals surface area contributed by atoms with Gasteiger partial charge in [0, 0.05) is 28.8 Å². The molecular formula is C17H15ClN2O3. The van der Waals surface area contributed by atoms with Gasteiger partial charge in [0.2, 0.25) is 5.91 Å². The van der Waals surface area contributed by atoms with Crippen molar-refractivity contribution in [3.63, 3.8) is 0 Å². The molecule has 118 valence electrons. The number of Topliss-reactive ketones (excluding diaryl/α,β-unsaturated/α-hetero) is 1. The van der Waals surface area contributed by atoms with Gasteiger partial charge in [-0.3, -0.25) is 14.4 Å². The summed E-state index contributed by atoms with van der Waals surface area (Å²) in [6, 6.07) is 11.2. The highest BCUT2D eigenvalue weighted by Gasteiger charge is 2.13. The smallest absolute Gasteiger partial charge is 0.255 e. The van der Waals surface area contributed by atoms with Crippen LogP contribution in [-0.2, 0) is 4.79 Å². The molecule has 0 spiro atoms. The number of hydrogen-bond acceptors (Lipinski definition) is 3. The zero-order valence-electron chi connectivity index (χ0n) is 12.6. The number of carbonyl (C=O) groups excluding carboxylic acids is 3. The molecule has 6 heteroatoms. The van der Waals surface area contributed by atoms with Gasteiger partial charge in [-0.15, -0.1) is 0 Å². The molecule has 0 fully saturated rings. The molecule has 0 radical (unpaired) electrons. The Balaban J connectivity index is 2.30. The molecule has 0 aliphatic carbocycles. The lowest BCUT2D eigenvalue weighted by Gasteiger charge is -2.11. The van der Waals surface area contributed by atoms with Gasteiger partial charge in [-0.05, 0) is 43.3 Å². The van der Waals surface area contributed by atoms with E-state index >= 15 is 0 Å². The van der Waals surface area contributed by atoms with E-state index in [-0.39, 0.29) is 17.6 Å². The number of rotatable bonds is 4. The molecule has 0 atom stereocenters. The molecule has 0 aromatic heterocycles. The molecule has 2 aromatic rings. The Hall–Kier alpha value is -2.66. The molecule has 5 nitrogen and oxygen atoms in total. The molecule has 0 saturated carbocycles. The van der Waals surface area contributed by atoms with Crippen LogP contribution in [0.1, 0.15) is 34.6 Å². The van der Waals surface area contributed by atoms with Gasteiger partial charge >= 0.3 is 0 Å². The topological polar surface area (TPSA) is 75.3 Å². The van der Waals surface area contributed by atoms with Crippen LogP contribution in [0.15, 0.2) is 42.5 Å². The summed E-state index contributed by atoms with van der Waals surface area (Å²) in [6.45, 7) is 2.77. The van der Waals surface area contributed by atoms with Crippen LogP contribution in [-0.4, -0.2) is 17.6 Å². The summed E-state index contributed by atoms with van der Waals surface area (Å²) < 4.78 is 0. The molecule has 0 aliphatic rings. The van der Waals surface area contributed by atoms with Crippen LogP contribution in [0.25, 0.3) is 0 Å². The normalized spacial score (nSPS) is 10.0. The summed E-state index contributed by atoms with van der Waals surface area (Å²) in [6.07, 6.45) is 0. The lowest BCUT2D eigenvalue weighted by Crippen LogP contribution is -2.15. The van der Waals surface area contributed by atoms with Gasteiger partial charge in [0.05, 0.1) is 5.69 Å². The molecule has 0 bridgehead atoms. The number of amides is 2. The fraction of sp³-hybridized carbons (Fsp3) is 0.118. The van der Waals surface area contributed by atoms with Crippen LogP contribution in [0.4, 0.5) is 11.4 Å². The summed E-state index contributed by atoms with van der Waals surface area (Å²) in [5.74, 6) is -0.837. The van der Waals surface area contributed by atoms with E-state index in [0.29, 0.717) is 27.5 Å². The minimum atomic E-state index is -0.373. The van der Waals surface area contributed by atoms with E-state index in [4.69, 9.17) is 11.6 Å². The lowest BCUT2D eigenvalue weighted by atomic mass is 10.1. The van der Waals surface area contributed by atoms with Gasteiger partial charge in [0.25, 0.3) is 5.91 Å². The van der Waals surface area contributed by atoms with Crippen molar-refractivity contribution in [1.29, 1.82) is 0 Å². The van der Waals surface area contributed by atoms with Gasteiger partial charge in [-0.25, -0.2) is 0 Å². The molecule has 2 N–H and O–H groups in total. The second-order valence-corrected chi connectivity index (χ2v) is 5.40. The Labute approximate surface area is 138 Å². The third kappa shape index (κ3) is 4.40. The number of ketones is 1. The van der Waals surface area contributed by atoms with Crippen molar-refractivity contribution in [1.82, 2.24) is 0 Å². The zero-order valence-corrected chi connectivity index (χ0v) is 13.4. The van der Waals surface area contributed by atoms with Crippen molar-refractivity contribution < 1.29 is 14.4 Å². The van der Waals surface area contributed by atoms with E-state index in [1.54, 1.807) is 30.3 Å². The van der Waals surface area contributed by atoms with Gasteiger partial charge in [0.15, 0.2) is 5.78 Å². The average molecular weight is 331 g/mol. The quantitative estimate of drug-likeness (QED) is 0.838. The monoisotopic (exact) mass is 330 g/mol. The first-order valence-corrected chi connectivity index (χ1v) is 7.24. The van der Waals surface area contributed by atoms with Gasteiger partial charge in [-0.2, -0.15) is 0 Å². The standard InChI is InChI=1S/C17H15ClN2O3/c1-10(21)15-9-14(19-11(2)22)6-7-16(15)20-17(23)12-4-3-5-13(18)8-12/h3-9H,1-2H3,(H,19,22)(H,20,23). The summed E-state index contributed by atoms with van der Waals surface area (Å²) in [5, 5.41) is 5.73. The SMILES string of the molecule is CC(=O)Nc1ccc(NC(=O)c2cccc(Cl)c2)c(C(C)=O)c1. The summed E-state index contributed by atoms with van der Waals surface area (Å²) in [5.41, 5.74) is 1.56. The molecule has 2 rings (SSSR count). The predicted molar refractivity (Wildman–Crippen MR) is 90.2 cm³/mol. The molecular weight excluding hydrogens is 316 g/mol. The highest BCUT2D eigenvalue weighted by molar-refractivity contribution is 6.31. The minimum absolute atomic E-state index is 0.224. The zero-order chi connectivity index (χ0) is 17.0. The highest BCUT2D eigenvalue weighted by Crippen LogP contribution is 2.22. The second kappa shape index (κ2) is 7.07. The maximum absolute atomic E-state index is 12.3. The van der Waals surface area contributed by atoms with Crippen molar-refractivity contribution >= 4 is 40.6 Å². The van der Waals surface area contributed by atoms with E-state index in [1.165, 1.54) is 26.0 Å². The molecule has 0 saturated heterocycles. The number of benzene rings is 2. The van der Waals surface area contributed by atoms with Crippen LogP contribution in [0.5, 0.6) is 0 Å². The van der Waals surface area contributed by atoms with Crippen LogP contribution >= 0.6 is 11.6 Å². The molecule has 0 unspecified atom stereocenters. The summed E-state index contributed by atoms with van der Waals surface area (Å²) >= 11 is 5.87. The van der Waals surface area contributed by atoms with Gasteiger partial charge < -0.3 is 10.6 Å². The average Bonchev–Trinajstić information content (AvgIpc) is 2.48. The third-order valence-electron chi connectivity index (χ3n) is 3.05. The minimum Gasteiger partial charge on any atom is -0.326 e. The van der Waals surface area contributed by atoms with E-state index < -0.39 is 0 Å². The van der Waals surface area contributed by atoms with E-state index in [0.717, 1.165) is 0 Å². The fourth-order valence-corrected chi connectivity index (χ4v) is 2.24. The third-order valence-corrected chi connectivity index (χ3v) is 3.29. The van der Waals surface area contributed by atoms with Crippen LogP contribution in [0.3, 0.4) is 0 Å². The van der Waals surface area contributed by atoms with Crippen molar-refractivity contribution in [3.8, 4) is 0 Å². The number of anilines is 2. The van der Waals surface area contributed by atoms with Crippen molar-refractivity contribution in [2.45, 2.75) is 13.8 Å². The van der Waals surface area contributed by atoms with Crippen LogP contribution < -0.4 is 10.6 Å². The molecule has 0 aliphatic heterocycles. The molecule has 0 heterocycles. The summed E-state index contributed by atoms with van der Waals surface area (Å²) in [7, 11) is 0. The van der Waals surface area contributed by atoms with Crippen LogP contribution in [0.2, 0.25) is 5.02 Å². The first-order valence-electron chi connectivity index (χ1n) is 6.86. The van der Waals surface area contributed by atoms with E-state index in [2.05, 4.69) is 10.6 Å². The fourth-order valence-electron chi connectivity index (χ4n) is 2.05. The highest BCUT2D eigenvalue weighted by atomic mass is 35.5. The molecule has 23 heavy (non-hydrogen) atoms. The Morgan fingerprint density at radius 3 is 2.30 bits per heavy atom. The van der Waals surface area contributed by atoms with Crippen molar-refractivity contribution in [2.75, 3.05) is 10.6 Å². The van der Waals surface area contributed by atoms with Gasteiger partial charge in [-0.1, -0.05) is 17.7 Å². The predicted octanol–water partition coefficient (Wildman–Crippen LogP) is 3.75. The lowest BCUT2D eigenvalue weighted by molar-refractivity contribution is -0.114. The Kier molecular flexibility index (Phi) is 5.13. The number of hydrogen-bond donors (Lipinski definition) is 2.